The summed E-state index contributed by atoms with van der Waals surface area (Å²) in [5, 5.41) is 0. The Morgan fingerprint density at radius 1 is 0.704 bits per heavy atom. The highest BCUT2D eigenvalue weighted by Gasteiger charge is 2.46. The summed E-state index contributed by atoms with van der Waals surface area (Å²) in [4.78, 5) is -1.36. The highest BCUT2D eigenvalue weighted by atomic mass is 32.2. The predicted octanol–water partition coefficient (Wildman–Crippen LogP) is 3.69. The second kappa shape index (κ2) is 6.54. The van der Waals surface area contributed by atoms with Crippen molar-refractivity contribution in [1.82, 2.24) is 3.97 Å². The van der Waals surface area contributed by atoms with Crippen LogP contribution in [0.5, 0.6) is 0 Å². The minimum absolute atomic E-state index is 0.336. The molecule has 0 spiro atoms. The average molecular weight is 415 g/mol. The summed E-state index contributed by atoms with van der Waals surface area (Å²) in [7, 11) is -9.68. The summed E-state index contributed by atoms with van der Waals surface area (Å²) in [6.07, 6.45) is 1.30. The van der Waals surface area contributed by atoms with Crippen LogP contribution in [0.3, 0.4) is 0 Å². The molecule has 0 saturated heterocycles. The van der Waals surface area contributed by atoms with Crippen LogP contribution in [-0.2, 0) is 19.9 Å². The third kappa shape index (κ3) is 3.37. The number of rotatable bonds is 4. The average Bonchev–Trinajstić information content (AvgIpc) is 3.12. The van der Waals surface area contributed by atoms with E-state index in [9.17, 15) is 30.0 Å². The first-order chi connectivity index (χ1) is 12.5. The second-order valence-corrected chi connectivity index (χ2v) is 9.24. The van der Waals surface area contributed by atoms with E-state index in [1.165, 1.54) is 12.3 Å². The molecular weight excluding hydrogens is 403 g/mol. The van der Waals surface area contributed by atoms with Crippen molar-refractivity contribution in [2.75, 3.05) is 0 Å². The monoisotopic (exact) mass is 415 g/mol. The summed E-state index contributed by atoms with van der Waals surface area (Å²) < 4.78 is 87.3. The van der Waals surface area contributed by atoms with Gasteiger partial charge in [0.25, 0.3) is 19.9 Å². The first-order valence-corrected chi connectivity index (χ1v) is 10.4. The van der Waals surface area contributed by atoms with Gasteiger partial charge >= 0.3 is 5.51 Å². The van der Waals surface area contributed by atoms with Gasteiger partial charge in [0.2, 0.25) is 0 Å². The quantitative estimate of drug-likeness (QED) is 0.652. The molecule has 10 heteroatoms. The number of sulfone groups is 1. The van der Waals surface area contributed by atoms with Crippen molar-refractivity contribution < 1.29 is 30.0 Å². The van der Waals surface area contributed by atoms with Crippen molar-refractivity contribution in [2.45, 2.75) is 15.3 Å². The van der Waals surface area contributed by atoms with Gasteiger partial charge in [0.15, 0.2) is 0 Å². The molecule has 0 fully saturated rings. The van der Waals surface area contributed by atoms with Crippen LogP contribution in [0, 0.1) is 0 Å². The van der Waals surface area contributed by atoms with Crippen molar-refractivity contribution in [3.05, 3.63) is 72.9 Å². The largest absolute Gasteiger partial charge is 0.501 e. The molecule has 0 aliphatic heterocycles. The number of hydrogen-bond donors (Lipinski definition) is 0. The molecule has 0 atom stereocenters. The molecule has 5 nitrogen and oxygen atoms in total. The number of hydrogen-bond acceptors (Lipinski definition) is 4. The van der Waals surface area contributed by atoms with E-state index in [0.29, 0.717) is 23.4 Å². The zero-order valence-corrected chi connectivity index (χ0v) is 15.1. The first kappa shape index (κ1) is 19.2. The highest BCUT2D eigenvalue weighted by molar-refractivity contribution is 7.92. The third-order valence-electron chi connectivity index (χ3n) is 3.78. The van der Waals surface area contributed by atoms with E-state index in [1.807, 2.05) is 0 Å². The fourth-order valence-corrected chi connectivity index (χ4v) is 4.57. The molecule has 0 aliphatic carbocycles. The molecule has 27 heavy (non-hydrogen) atoms. The maximum Gasteiger partial charge on any atom is 0.501 e. The van der Waals surface area contributed by atoms with Gasteiger partial charge in [0.05, 0.1) is 15.5 Å². The number of benzene rings is 2. The van der Waals surface area contributed by atoms with E-state index in [0.717, 1.165) is 16.1 Å². The molecule has 1 heterocycles. The summed E-state index contributed by atoms with van der Waals surface area (Å²) in [5.74, 6) is 0. The molecule has 2 aromatic carbocycles. The topological polar surface area (TPSA) is 73.2 Å². The fraction of sp³-hybridized carbons (Fsp3) is 0.0588. The zero-order chi connectivity index (χ0) is 19.9. The Morgan fingerprint density at radius 3 is 1.81 bits per heavy atom. The van der Waals surface area contributed by atoms with Crippen LogP contribution in [0.25, 0.3) is 11.3 Å². The lowest BCUT2D eigenvalue weighted by Gasteiger charge is -2.12. The van der Waals surface area contributed by atoms with Crippen LogP contribution >= 0.6 is 0 Å². The van der Waals surface area contributed by atoms with Gasteiger partial charge in [-0.25, -0.2) is 20.8 Å². The predicted molar refractivity (Wildman–Crippen MR) is 92.1 cm³/mol. The van der Waals surface area contributed by atoms with E-state index in [-0.39, 0.29) is 4.90 Å². The highest BCUT2D eigenvalue weighted by Crippen LogP contribution is 2.31. The normalized spacial score (nSPS) is 12.9. The van der Waals surface area contributed by atoms with E-state index >= 15 is 0 Å². The second-order valence-electron chi connectivity index (χ2n) is 5.48. The molecule has 3 aromatic rings. The lowest BCUT2D eigenvalue weighted by molar-refractivity contribution is -0.0436. The van der Waals surface area contributed by atoms with Crippen molar-refractivity contribution in [3.8, 4) is 11.3 Å². The van der Waals surface area contributed by atoms with Crippen molar-refractivity contribution >= 4 is 19.9 Å². The minimum Gasteiger partial charge on any atom is -0.241 e. The lowest BCUT2D eigenvalue weighted by Crippen LogP contribution is -2.23. The number of halogens is 3. The van der Waals surface area contributed by atoms with Gasteiger partial charge in [0.1, 0.15) is 0 Å². The number of aromatic nitrogens is 1. The summed E-state index contributed by atoms with van der Waals surface area (Å²) >= 11 is 0. The van der Waals surface area contributed by atoms with Crippen molar-refractivity contribution in [2.24, 2.45) is 0 Å². The smallest absolute Gasteiger partial charge is 0.241 e. The molecule has 1 aromatic heterocycles. The first-order valence-electron chi connectivity index (χ1n) is 7.45. The Hall–Kier alpha value is -2.59. The summed E-state index contributed by atoms with van der Waals surface area (Å²) in [6, 6.07) is 14.7. The molecule has 0 bridgehead atoms. The number of alkyl halides is 3. The van der Waals surface area contributed by atoms with Gasteiger partial charge in [-0.1, -0.05) is 30.3 Å². The Morgan fingerprint density at radius 2 is 1.26 bits per heavy atom. The van der Waals surface area contributed by atoms with Gasteiger partial charge in [-0.2, -0.15) is 13.2 Å². The van der Waals surface area contributed by atoms with E-state index < -0.39 is 30.3 Å². The van der Waals surface area contributed by atoms with E-state index in [2.05, 4.69) is 0 Å². The van der Waals surface area contributed by atoms with Crippen LogP contribution < -0.4 is 0 Å². The van der Waals surface area contributed by atoms with Crippen LogP contribution in [-0.4, -0.2) is 26.3 Å². The Balaban J connectivity index is 2.05. The fourth-order valence-electron chi connectivity index (χ4n) is 2.45. The van der Waals surface area contributed by atoms with Gasteiger partial charge < -0.3 is 0 Å². The van der Waals surface area contributed by atoms with Gasteiger partial charge in [0, 0.05) is 6.20 Å². The zero-order valence-electron chi connectivity index (χ0n) is 13.5. The molecule has 0 aliphatic rings. The molecular formula is C17H12F3NO4S2. The minimum atomic E-state index is -5.55. The molecule has 0 N–H and O–H groups in total. The van der Waals surface area contributed by atoms with Gasteiger partial charge in [-0.3, -0.25) is 0 Å². The molecule has 0 amide bonds. The molecule has 0 unspecified atom stereocenters. The molecule has 142 valence electrons. The Bertz CT molecular complexity index is 1160. The molecule has 3 rings (SSSR count). The van der Waals surface area contributed by atoms with Crippen LogP contribution in [0.1, 0.15) is 0 Å². The molecule has 0 radical (unpaired) electrons. The maximum atomic E-state index is 12.8. The lowest BCUT2D eigenvalue weighted by atomic mass is 10.2. The number of nitrogens with zero attached hydrogens (tertiary/aromatic N) is 1. The SMILES string of the molecule is O=S(=O)(c1ccc(S(=O)(=O)C(F)(F)F)cc1)n1cccc1-c1ccccc1. The van der Waals surface area contributed by atoms with Crippen LogP contribution in [0.15, 0.2) is 82.7 Å². The standard InChI is InChI=1S/C17H12F3NO4S2/c18-17(19,20)26(22,23)14-8-10-15(11-9-14)27(24,25)21-12-4-7-16(21)13-5-2-1-3-6-13/h1-12H. The maximum absolute atomic E-state index is 12.8. The van der Waals surface area contributed by atoms with Crippen LogP contribution in [0.4, 0.5) is 13.2 Å². The Labute approximate surface area is 153 Å². The summed E-state index contributed by atoms with van der Waals surface area (Å²) in [5.41, 5.74) is -4.47. The van der Waals surface area contributed by atoms with Crippen molar-refractivity contribution in [3.63, 3.8) is 0 Å². The Kier molecular flexibility index (Phi) is 4.64. The molecule has 0 saturated carbocycles. The third-order valence-corrected chi connectivity index (χ3v) is 6.98. The van der Waals surface area contributed by atoms with E-state index in [4.69, 9.17) is 0 Å². The summed E-state index contributed by atoms with van der Waals surface area (Å²) in [6.45, 7) is 0. The van der Waals surface area contributed by atoms with Crippen molar-refractivity contribution in [1.29, 1.82) is 0 Å². The van der Waals surface area contributed by atoms with Crippen LogP contribution in [0.2, 0.25) is 0 Å². The van der Waals surface area contributed by atoms with Gasteiger partial charge in [-0.15, -0.1) is 0 Å². The van der Waals surface area contributed by atoms with Gasteiger partial charge in [-0.05, 0) is 42.0 Å². The van der Waals surface area contributed by atoms with E-state index in [1.54, 1.807) is 36.4 Å².